The molecule has 1 aromatic carbocycles. The highest BCUT2D eigenvalue weighted by molar-refractivity contribution is 6.22. The van der Waals surface area contributed by atoms with Gasteiger partial charge in [-0.2, -0.15) is 0 Å². The van der Waals surface area contributed by atoms with Crippen molar-refractivity contribution in [1.82, 2.24) is 14.9 Å². The second-order valence-corrected chi connectivity index (χ2v) is 7.70. The van der Waals surface area contributed by atoms with Crippen LogP contribution < -0.4 is 5.56 Å². The van der Waals surface area contributed by atoms with Crippen LogP contribution in [0.3, 0.4) is 0 Å². The van der Waals surface area contributed by atoms with Gasteiger partial charge in [0.1, 0.15) is 5.56 Å². The number of aromatic amines is 1. The number of fused-ring (bicyclic) bond motifs is 1. The van der Waals surface area contributed by atoms with Gasteiger partial charge < -0.3 is 25.1 Å². The fourth-order valence-electron chi connectivity index (χ4n) is 4.08. The van der Waals surface area contributed by atoms with Crippen molar-refractivity contribution in [3.63, 3.8) is 0 Å². The Morgan fingerprint density at radius 1 is 1.22 bits per heavy atom. The van der Waals surface area contributed by atoms with E-state index in [1.165, 1.54) is 6.92 Å². The van der Waals surface area contributed by atoms with E-state index >= 15 is 0 Å². The summed E-state index contributed by atoms with van der Waals surface area (Å²) in [6.07, 6.45) is 3.25. The van der Waals surface area contributed by atoms with Crippen molar-refractivity contribution in [2.24, 2.45) is 0 Å². The number of rotatable bonds is 4. The van der Waals surface area contributed by atoms with Gasteiger partial charge in [0.15, 0.2) is 0 Å². The van der Waals surface area contributed by atoms with Crippen LogP contribution in [0.15, 0.2) is 53.3 Å². The first-order chi connectivity index (χ1) is 15.4. The van der Waals surface area contributed by atoms with E-state index in [1.54, 1.807) is 54.5 Å². The maximum Gasteiger partial charge on any atom is 0.261 e. The molecular weight excluding hydrogens is 408 g/mol. The lowest BCUT2D eigenvalue weighted by atomic mass is 9.92. The quantitative estimate of drug-likeness (QED) is 0.431. The summed E-state index contributed by atoms with van der Waals surface area (Å²) in [5, 5.41) is 18.8. The number of aliphatic hydroxyl groups is 1. The van der Waals surface area contributed by atoms with Gasteiger partial charge in [-0.15, -0.1) is 0 Å². The molecule has 8 heteroatoms. The van der Waals surface area contributed by atoms with Crippen molar-refractivity contribution in [3.05, 3.63) is 70.0 Å². The maximum atomic E-state index is 13.4. The van der Waals surface area contributed by atoms with Gasteiger partial charge in [0.2, 0.25) is 0 Å². The first-order valence-corrected chi connectivity index (χ1v) is 10.3. The molecule has 4 rings (SSSR count). The molecule has 8 nitrogen and oxygen atoms in total. The van der Waals surface area contributed by atoms with Crippen LogP contribution in [0.4, 0.5) is 0 Å². The zero-order valence-corrected chi connectivity index (χ0v) is 17.9. The Morgan fingerprint density at radius 2 is 1.97 bits per heavy atom. The van der Waals surface area contributed by atoms with Gasteiger partial charge in [-0.05, 0) is 37.6 Å². The number of carbonyl (C=O) groups excluding carboxylic acids is 1. The fraction of sp³-hybridized carbons (Fsp3) is 0.250. The standard InChI is InChI=1S/C24H24N4O4/c1-14(25)20(15(2)29)16-5-6-19-18(12-16)21(17-4-3-7-26-13-17)22(23(30)27-19)24(31)28-8-10-32-11-9-28/h3-7,12-13,25,29H,8-11H2,1-2H3,(H,27,30)/b20-15+,25-14?. The summed E-state index contributed by atoms with van der Waals surface area (Å²) < 4.78 is 5.35. The monoisotopic (exact) mass is 432 g/mol. The van der Waals surface area contributed by atoms with E-state index in [2.05, 4.69) is 9.97 Å². The van der Waals surface area contributed by atoms with Gasteiger partial charge in [-0.3, -0.25) is 14.6 Å². The number of hydrogen-bond donors (Lipinski definition) is 3. The van der Waals surface area contributed by atoms with Gasteiger partial charge in [-0.1, -0.05) is 12.1 Å². The maximum absolute atomic E-state index is 13.4. The van der Waals surface area contributed by atoms with Crippen LogP contribution in [0.2, 0.25) is 0 Å². The second kappa shape index (κ2) is 8.76. The summed E-state index contributed by atoms with van der Waals surface area (Å²) in [7, 11) is 0. The molecule has 3 aromatic rings. The van der Waals surface area contributed by atoms with E-state index in [0.717, 1.165) is 0 Å². The van der Waals surface area contributed by atoms with Crippen LogP contribution in [-0.4, -0.2) is 57.9 Å². The van der Waals surface area contributed by atoms with E-state index in [0.29, 0.717) is 59.5 Å². The molecule has 1 fully saturated rings. The van der Waals surface area contributed by atoms with Crippen LogP contribution >= 0.6 is 0 Å². The molecule has 1 aliphatic rings. The predicted molar refractivity (Wildman–Crippen MR) is 123 cm³/mol. The van der Waals surface area contributed by atoms with Crippen molar-refractivity contribution in [1.29, 1.82) is 5.41 Å². The minimum Gasteiger partial charge on any atom is -0.512 e. The molecule has 164 valence electrons. The molecular formula is C24H24N4O4. The van der Waals surface area contributed by atoms with Crippen LogP contribution in [0, 0.1) is 5.41 Å². The number of aromatic nitrogens is 2. The van der Waals surface area contributed by atoms with Crippen molar-refractivity contribution < 1.29 is 14.6 Å². The first-order valence-electron chi connectivity index (χ1n) is 10.3. The molecule has 1 saturated heterocycles. The van der Waals surface area contributed by atoms with Crippen molar-refractivity contribution >= 4 is 28.1 Å². The molecule has 3 heterocycles. The highest BCUT2D eigenvalue weighted by Gasteiger charge is 2.27. The first kappa shape index (κ1) is 21.5. The molecule has 3 N–H and O–H groups in total. The number of morpholine rings is 1. The topological polar surface area (TPSA) is 119 Å². The number of hydrogen-bond acceptors (Lipinski definition) is 6. The molecule has 0 saturated carbocycles. The highest BCUT2D eigenvalue weighted by Crippen LogP contribution is 2.32. The average Bonchev–Trinajstić information content (AvgIpc) is 2.78. The Hall–Kier alpha value is -3.78. The van der Waals surface area contributed by atoms with Crippen molar-refractivity contribution in [2.75, 3.05) is 26.3 Å². The molecule has 32 heavy (non-hydrogen) atoms. The van der Waals surface area contributed by atoms with Gasteiger partial charge in [0.05, 0.1) is 19.0 Å². The summed E-state index contributed by atoms with van der Waals surface area (Å²) in [5.74, 6) is -0.341. The van der Waals surface area contributed by atoms with Gasteiger partial charge >= 0.3 is 0 Å². The normalized spacial score (nSPS) is 14.9. The van der Waals surface area contributed by atoms with Crippen LogP contribution in [0.5, 0.6) is 0 Å². The smallest absolute Gasteiger partial charge is 0.261 e. The lowest BCUT2D eigenvalue weighted by Crippen LogP contribution is -2.42. The third-order valence-corrected chi connectivity index (χ3v) is 5.50. The molecule has 0 bridgehead atoms. The SMILES string of the molecule is CC(=N)/C(=C(/C)O)c1ccc2[nH]c(=O)c(C(=O)N3CCOCC3)c(-c3cccnc3)c2c1. The Kier molecular flexibility index (Phi) is 5.87. The van der Waals surface area contributed by atoms with E-state index < -0.39 is 5.56 Å². The lowest BCUT2D eigenvalue weighted by molar-refractivity contribution is 0.0302. The van der Waals surface area contributed by atoms with Gasteiger partial charge in [0, 0.05) is 58.8 Å². The number of nitrogens with zero attached hydrogens (tertiary/aromatic N) is 2. The Morgan fingerprint density at radius 3 is 2.59 bits per heavy atom. The fourth-order valence-corrected chi connectivity index (χ4v) is 4.08. The highest BCUT2D eigenvalue weighted by atomic mass is 16.5. The second-order valence-electron chi connectivity index (χ2n) is 7.70. The number of carbonyl (C=O) groups is 1. The minimum atomic E-state index is -0.474. The zero-order chi connectivity index (χ0) is 22.8. The number of benzene rings is 1. The van der Waals surface area contributed by atoms with Crippen LogP contribution in [-0.2, 0) is 4.74 Å². The predicted octanol–water partition coefficient (Wildman–Crippen LogP) is 3.39. The van der Waals surface area contributed by atoms with Crippen molar-refractivity contribution in [2.45, 2.75) is 13.8 Å². The number of H-pyrrole nitrogens is 1. The molecule has 1 amide bonds. The summed E-state index contributed by atoms with van der Waals surface area (Å²) in [6.45, 7) is 4.79. The van der Waals surface area contributed by atoms with Crippen LogP contribution in [0.25, 0.3) is 27.6 Å². The Bertz CT molecular complexity index is 1280. The zero-order valence-electron chi connectivity index (χ0n) is 17.9. The van der Waals surface area contributed by atoms with E-state index in [9.17, 15) is 14.7 Å². The number of nitrogens with one attached hydrogen (secondary N) is 2. The molecule has 1 aliphatic heterocycles. The number of ether oxygens (including phenoxy) is 1. The van der Waals surface area contributed by atoms with Gasteiger partial charge in [0.25, 0.3) is 11.5 Å². The van der Waals surface area contributed by atoms with Crippen LogP contribution in [0.1, 0.15) is 29.8 Å². The number of amides is 1. The number of allylic oxidation sites excluding steroid dienone is 2. The van der Waals surface area contributed by atoms with E-state index in [1.807, 2.05) is 0 Å². The van der Waals surface area contributed by atoms with E-state index in [4.69, 9.17) is 10.1 Å². The Balaban J connectivity index is 2.04. The lowest BCUT2D eigenvalue weighted by Gasteiger charge is -2.27. The molecule has 0 radical (unpaired) electrons. The third kappa shape index (κ3) is 3.92. The van der Waals surface area contributed by atoms with Gasteiger partial charge in [-0.25, -0.2) is 0 Å². The minimum absolute atomic E-state index is 0.0221. The summed E-state index contributed by atoms with van der Waals surface area (Å²) in [4.78, 5) is 35.2. The molecule has 0 unspecified atom stereocenters. The molecule has 0 spiro atoms. The average molecular weight is 432 g/mol. The third-order valence-electron chi connectivity index (χ3n) is 5.50. The summed E-state index contributed by atoms with van der Waals surface area (Å²) in [5.41, 5.74) is 2.46. The summed E-state index contributed by atoms with van der Waals surface area (Å²) >= 11 is 0. The Labute approximate surface area is 184 Å². The molecule has 2 aromatic heterocycles. The van der Waals surface area contributed by atoms with E-state index in [-0.39, 0.29) is 22.9 Å². The largest absolute Gasteiger partial charge is 0.512 e. The molecule has 0 atom stereocenters. The number of aliphatic hydroxyl groups excluding tert-OH is 1. The summed E-state index contributed by atoms with van der Waals surface area (Å²) in [6, 6.07) is 8.81. The number of pyridine rings is 2. The molecule has 0 aliphatic carbocycles. The van der Waals surface area contributed by atoms with Crippen molar-refractivity contribution in [3.8, 4) is 11.1 Å².